The van der Waals surface area contributed by atoms with E-state index >= 15 is 0 Å². The van der Waals surface area contributed by atoms with Crippen LogP contribution in [0.3, 0.4) is 0 Å². The van der Waals surface area contributed by atoms with Gasteiger partial charge in [-0.3, -0.25) is 0 Å². The molecule has 2 aliphatic heterocycles. The van der Waals surface area contributed by atoms with E-state index in [1.165, 1.54) is 38.5 Å². The molecule has 246 valence electrons. The molecule has 2 unspecified atom stereocenters. The molecular formula is C35H64O7. The van der Waals surface area contributed by atoms with Crippen LogP contribution in [0.25, 0.3) is 0 Å². The lowest BCUT2D eigenvalue weighted by Crippen LogP contribution is -2.26. The topological polar surface area (TPSA) is 116 Å². The Morgan fingerprint density at radius 2 is 1.29 bits per heavy atom. The maximum Gasteiger partial charge on any atom is 0.334 e. The molecule has 0 aromatic carbocycles. The van der Waals surface area contributed by atoms with Crippen molar-refractivity contribution in [2.75, 3.05) is 0 Å². The van der Waals surface area contributed by atoms with Crippen molar-refractivity contribution in [3.05, 3.63) is 11.6 Å². The second-order valence-corrected chi connectivity index (χ2v) is 13.1. The third-order valence-corrected chi connectivity index (χ3v) is 9.11. The quantitative estimate of drug-likeness (QED) is 0.0624. The van der Waals surface area contributed by atoms with Gasteiger partial charge in [0.05, 0.1) is 36.6 Å². The van der Waals surface area contributed by atoms with E-state index in [0.717, 1.165) is 89.9 Å². The van der Waals surface area contributed by atoms with Gasteiger partial charge in [0.2, 0.25) is 0 Å². The molecule has 1 saturated heterocycles. The van der Waals surface area contributed by atoms with Gasteiger partial charge in [-0.2, -0.15) is 0 Å². The Labute approximate surface area is 256 Å². The second kappa shape index (κ2) is 22.5. The van der Waals surface area contributed by atoms with Gasteiger partial charge in [0.25, 0.3) is 0 Å². The summed E-state index contributed by atoms with van der Waals surface area (Å²) in [5.74, 6) is -0.276. The van der Waals surface area contributed by atoms with Crippen molar-refractivity contribution in [1.82, 2.24) is 0 Å². The maximum atomic E-state index is 11.6. The zero-order valence-corrected chi connectivity index (χ0v) is 26.9. The molecule has 0 bridgehead atoms. The number of cyclic esters (lactones) is 1. The van der Waals surface area contributed by atoms with E-state index < -0.39 is 18.3 Å². The number of aliphatic hydroxyl groups excluding tert-OH is 4. The normalized spacial score (nSPS) is 23.5. The van der Waals surface area contributed by atoms with Crippen LogP contribution in [0.15, 0.2) is 11.6 Å². The van der Waals surface area contributed by atoms with Gasteiger partial charge in [0, 0.05) is 12.0 Å². The standard InChI is InChI=1S/C35H64O7/c1-3-18-31(37)32(38)21-16-12-8-9-13-17-22-33(39)34-24-23-30(42-34)20-15-11-7-5-4-6-10-14-19-29(36)26-28-25-27(2)41-35(28)40/h25,27,29-34,36-39H,3-24,26H2,1-2H3/t27-,29+,30-,31?,32?,33+,34+/m0/s1. The molecule has 7 atom stereocenters. The molecule has 2 aliphatic rings. The van der Waals surface area contributed by atoms with Crippen molar-refractivity contribution in [3.63, 3.8) is 0 Å². The Kier molecular flexibility index (Phi) is 19.9. The highest BCUT2D eigenvalue weighted by molar-refractivity contribution is 5.90. The average molecular weight is 597 g/mol. The molecule has 42 heavy (non-hydrogen) atoms. The lowest BCUT2D eigenvalue weighted by Gasteiger charge is -2.19. The first kappa shape index (κ1) is 37.2. The van der Waals surface area contributed by atoms with Crippen LogP contribution in [0.2, 0.25) is 0 Å². The van der Waals surface area contributed by atoms with Gasteiger partial charge in [-0.15, -0.1) is 0 Å². The third-order valence-electron chi connectivity index (χ3n) is 9.11. The Morgan fingerprint density at radius 3 is 1.88 bits per heavy atom. The lowest BCUT2D eigenvalue weighted by molar-refractivity contribution is -0.139. The van der Waals surface area contributed by atoms with E-state index in [1.807, 2.05) is 19.9 Å². The molecule has 4 N–H and O–H groups in total. The first-order valence-corrected chi connectivity index (χ1v) is 17.6. The summed E-state index contributed by atoms with van der Waals surface area (Å²) in [5.41, 5.74) is 0.623. The highest BCUT2D eigenvalue weighted by Crippen LogP contribution is 2.28. The average Bonchev–Trinajstić information content (AvgIpc) is 3.56. The molecule has 1 fully saturated rings. The SMILES string of the molecule is CCCC(O)C(O)CCCCCCCC[C@@H](O)[C@H]1CC[C@H](CCCCCCCCCC[C@@H](O)CC2=C[C@H](C)OC2=O)O1. The van der Waals surface area contributed by atoms with E-state index in [9.17, 15) is 25.2 Å². The van der Waals surface area contributed by atoms with E-state index in [-0.39, 0.29) is 24.3 Å². The van der Waals surface area contributed by atoms with Gasteiger partial charge < -0.3 is 29.9 Å². The number of unbranched alkanes of at least 4 members (excludes halogenated alkanes) is 12. The molecular weight excluding hydrogens is 532 g/mol. The van der Waals surface area contributed by atoms with E-state index in [4.69, 9.17) is 9.47 Å². The largest absolute Gasteiger partial charge is 0.455 e. The van der Waals surface area contributed by atoms with Crippen molar-refractivity contribution >= 4 is 5.97 Å². The first-order valence-electron chi connectivity index (χ1n) is 17.6. The Balaban J connectivity index is 1.35. The first-order chi connectivity index (χ1) is 20.3. The highest BCUT2D eigenvalue weighted by atomic mass is 16.5. The summed E-state index contributed by atoms with van der Waals surface area (Å²) in [5, 5.41) is 40.5. The summed E-state index contributed by atoms with van der Waals surface area (Å²) < 4.78 is 11.3. The maximum absolute atomic E-state index is 11.6. The van der Waals surface area contributed by atoms with Crippen LogP contribution in [0.4, 0.5) is 0 Å². The van der Waals surface area contributed by atoms with Crippen molar-refractivity contribution in [1.29, 1.82) is 0 Å². The molecule has 0 aliphatic carbocycles. The number of ether oxygens (including phenoxy) is 2. The molecule has 0 amide bonds. The molecule has 7 heteroatoms. The second-order valence-electron chi connectivity index (χ2n) is 13.1. The van der Waals surface area contributed by atoms with Crippen molar-refractivity contribution in [2.24, 2.45) is 0 Å². The van der Waals surface area contributed by atoms with E-state index in [2.05, 4.69) is 0 Å². The highest BCUT2D eigenvalue weighted by Gasteiger charge is 2.30. The van der Waals surface area contributed by atoms with Gasteiger partial charge in [0.1, 0.15) is 6.10 Å². The predicted molar refractivity (Wildman–Crippen MR) is 168 cm³/mol. The smallest absolute Gasteiger partial charge is 0.334 e. The molecule has 0 aromatic rings. The van der Waals surface area contributed by atoms with E-state index in [0.29, 0.717) is 30.9 Å². The summed E-state index contributed by atoms with van der Waals surface area (Å²) in [6.45, 7) is 3.86. The van der Waals surface area contributed by atoms with Gasteiger partial charge in [0.15, 0.2) is 0 Å². The zero-order chi connectivity index (χ0) is 30.6. The van der Waals surface area contributed by atoms with Crippen LogP contribution in [0.5, 0.6) is 0 Å². The number of hydrogen-bond acceptors (Lipinski definition) is 7. The Morgan fingerprint density at radius 1 is 0.738 bits per heavy atom. The van der Waals surface area contributed by atoms with Gasteiger partial charge in [-0.1, -0.05) is 103 Å². The molecule has 0 radical (unpaired) electrons. The summed E-state index contributed by atoms with van der Waals surface area (Å²) in [7, 11) is 0. The van der Waals surface area contributed by atoms with Crippen LogP contribution >= 0.6 is 0 Å². The lowest BCUT2D eigenvalue weighted by atomic mass is 10.00. The zero-order valence-electron chi connectivity index (χ0n) is 26.9. The molecule has 0 aromatic heterocycles. The monoisotopic (exact) mass is 596 g/mol. The molecule has 7 nitrogen and oxygen atoms in total. The molecule has 2 heterocycles. The Hall–Kier alpha value is -0.990. The van der Waals surface area contributed by atoms with Crippen LogP contribution in [0, 0.1) is 0 Å². The van der Waals surface area contributed by atoms with E-state index in [1.54, 1.807) is 0 Å². The molecule has 2 rings (SSSR count). The number of carbonyl (C=O) groups is 1. The van der Waals surface area contributed by atoms with Gasteiger partial charge >= 0.3 is 5.97 Å². The van der Waals surface area contributed by atoms with Crippen molar-refractivity contribution in [2.45, 2.75) is 204 Å². The van der Waals surface area contributed by atoms with Gasteiger partial charge in [-0.25, -0.2) is 4.79 Å². The van der Waals surface area contributed by atoms with Crippen LogP contribution in [0.1, 0.15) is 162 Å². The number of carbonyl (C=O) groups excluding carboxylic acids is 1. The summed E-state index contributed by atoms with van der Waals surface area (Å²) in [4.78, 5) is 11.6. The molecule has 0 saturated carbocycles. The van der Waals surface area contributed by atoms with Gasteiger partial charge in [-0.05, 0) is 57.9 Å². The minimum absolute atomic E-state index is 0.0110. The summed E-state index contributed by atoms with van der Waals surface area (Å²) in [6, 6.07) is 0. The third kappa shape index (κ3) is 16.2. The number of esters is 1. The van der Waals surface area contributed by atoms with Crippen LogP contribution in [-0.4, -0.2) is 69.1 Å². The number of aliphatic hydroxyl groups is 4. The fourth-order valence-electron chi connectivity index (χ4n) is 6.46. The summed E-state index contributed by atoms with van der Waals surface area (Å²) >= 11 is 0. The van der Waals surface area contributed by atoms with Crippen LogP contribution < -0.4 is 0 Å². The number of rotatable bonds is 26. The summed E-state index contributed by atoms with van der Waals surface area (Å²) in [6.07, 6.45) is 23.5. The van der Waals surface area contributed by atoms with Crippen molar-refractivity contribution < 1.29 is 34.7 Å². The van der Waals surface area contributed by atoms with Crippen LogP contribution in [-0.2, 0) is 14.3 Å². The minimum Gasteiger partial charge on any atom is -0.455 e. The van der Waals surface area contributed by atoms with Crippen molar-refractivity contribution in [3.8, 4) is 0 Å². The molecule has 0 spiro atoms. The minimum atomic E-state index is -0.579. The fraction of sp³-hybridized carbons (Fsp3) is 0.914. The fourth-order valence-corrected chi connectivity index (χ4v) is 6.46. The predicted octanol–water partition coefficient (Wildman–Crippen LogP) is 7.06. The Bertz CT molecular complexity index is 726. The number of hydrogen-bond donors (Lipinski definition) is 4.